The molecule has 1 N–H and O–H groups in total. The highest BCUT2D eigenvalue weighted by Crippen LogP contribution is 2.22. The summed E-state index contributed by atoms with van der Waals surface area (Å²) >= 11 is 1.34. The van der Waals surface area contributed by atoms with Crippen LogP contribution in [0.3, 0.4) is 0 Å². The number of nitrogens with one attached hydrogen (secondary N) is 1. The SMILES string of the molecule is CCC(C)(C#N)C(=O)Nc1nccs1. The number of carbonyl (C=O) groups excluding carboxylic acids is 1. The van der Waals surface area contributed by atoms with Crippen molar-refractivity contribution in [2.75, 3.05) is 5.32 Å². The molecular formula is C9H11N3OS. The van der Waals surface area contributed by atoms with Crippen molar-refractivity contribution in [1.29, 1.82) is 5.26 Å². The van der Waals surface area contributed by atoms with Crippen LogP contribution in [0.5, 0.6) is 0 Å². The molecule has 1 amide bonds. The summed E-state index contributed by atoms with van der Waals surface area (Å²) in [6, 6.07) is 2.01. The first-order chi connectivity index (χ1) is 6.62. The smallest absolute Gasteiger partial charge is 0.246 e. The Morgan fingerprint density at radius 1 is 1.86 bits per heavy atom. The molecule has 1 aromatic rings. The molecule has 1 aromatic heterocycles. The third-order valence-corrected chi connectivity index (χ3v) is 2.80. The van der Waals surface area contributed by atoms with Crippen LogP contribution in [0.2, 0.25) is 0 Å². The lowest BCUT2D eigenvalue weighted by molar-refractivity contribution is -0.122. The molecule has 0 spiro atoms. The van der Waals surface area contributed by atoms with E-state index in [1.165, 1.54) is 11.3 Å². The van der Waals surface area contributed by atoms with Crippen LogP contribution >= 0.6 is 11.3 Å². The Balaban J connectivity index is 2.72. The van der Waals surface area contributed by atoms with Crippen molar-refractivity contribution < 1.29 is 4.79 Å². The number of nitriles is 1. The second kappa shape index (κ2) is 4.20. The standard InChI is InChI=1S/C9H11N3OS/c1-3-9(2,6-10)7(13)12-8-11-4-5-14-8/h4-5H,3H2,1-2H3,(H,11,12,13). The number of amides is 1. The molecule has 1 unspecified atom stereocenters. The summed E-state index contributed by atoms with van der Waals surface area (Å²) in [6.45, 7) is 3.43. The normalized spacial score (nSPS) is 14.1. The van der Waals surface area contributed by atoms with Crippen LogP contribution in [0, 0.1) is 16.7 Å². The van der Waals surface area contributed by atoms with Gasteiger partial charge in [-0.05, 0) is 13.3 Å². The van der Waals surface area contributed by atoms with Crippen molar-refractivity contribution in [2.24, 2.45) is 5.41 Å². The zero-order valence-electron chi connectivity index (χ0n) is 8.07. The fourth-order valence-electron chi connectivity index (χ4n) is 0.811. The van der Waals surface area contributed by atoms with E-state index in [1.54, 1.807) is 18.5 Å². The van der Waals surface area contributed by atoms with E-state index in [9.17, 15) is 4.79 Å². The second-order valence-corrected chi connectivity index (χ2v) is 3.98. The molecule has 0 saturated heterocycles. The average Bonchev–Trinajstić information content (AvgIpc) is 2.69. The van der Waals surface area contributed by atoms with E-state index in [2.05, 4.69) is 10.3 Å². The minimum Gasteiger partial charge on any atom is -0.301 e. The number of aromatic nitrogens is 1. The van der Waals surface area contributed by atoms with Gasteiger partial charge in [0.15, 0.2) is 5.13 Å². The number of hydrogen-bond donors (Lipinski definition) is 1. The third kappa shape index (κ3) is 2.09. The molecule has 0 aliphatic heterocycles. The van der Waals surface area contributed by atoms with Crippen LogP contribution in [0.15, 0.2) is 11.6 Å². The van der Waals surface area contributed by atoms with E-state index >= 15 is 0 Å². The summed E-state index contributed by atoms with van der Waals surface area (Å²) in [5.74, 6) is -0.294. The first-order valence-corrected chi connectivity index (χ1v) is 5.12. The quantitative estimate of drug-likeness (QED) is 0.828. The lowest BCUT2D eigenvalue weighted by Crippen LogP contribution is -2.31. The molecule has 1 heterocycles. The largest absolute Gasteiger partial charge is 0.301 e. The van der Waals surface area contributed by atoms with Crippen molar-refractivity contribution in [1.82, 2.24) is 4.98 Å². The van der Waals surface area contributed by atoms with Gasteiger partial charge in [-0.25, -0.2) is 4.98 Å². The maximum absolute atomic E-state index is 11.6. The van der Waals surface area contributed by atoms with E-state index < -0.39 is 5.41 Å². The highest BCUT2D eigenvalue weighted by atomic mass is 32.1. The zero-order valence-corrected chi connectivity index (χ0v) is 8.89. The maximum Gasteiger partial charge on any atom is 0.246 e. The molecule has 0 fully saturated rings. The first-order valence-electron chi connectivity index (χ1n) is 4.24. The predicted octanol–water partition coefficient (Wildman–Crippen LogP) is 2.02. The average molecular weight is 209 g/mol. The molecule has 0 aliphatic rings. The summed E-state index contributed by atoms with van der Waals surface area (Å²) in [6.07, 6.45) is 2.09. The van der Waals surface area contributed by atoms with Gasteiger partial charge < -0.3 is 5.32 Å². The van der Waals surface area contributed by atoms with Crippen LogP contribution < -0.4 is 5.32 Å². The topological polar surface area (TPSA) is 65.8 Å². The molecular weight excluding hydrogens is 198 g/mol. The monoisotopic (exact) mass is 209 g/mol. The van der Waals surface area contributed by atoms with Crippen LogP contribution in [-0.4, -0.2) is 10.9 Å². The Morgan fingerprint density at radius 2 is 2.57 bits per heavy atom. The number of thiazole rings is 1. The van der Waals surface area contributed by atoms with Crippen molar-refractivity contribution >= 4 is 22.4 Å². The van der Waals surface area contributed by atoms with Crippen LogP contribution in [0.25, 0.3) is 0 Å². The molecule has 0 aromatic carbocycles. The summed E-state index contributed by atoms with van der Waals surface area (Å²) in [5, 5.41) is 13.8. The minimum absolute atomic E-state index is 0.294. The molecule has 0 bridgehead atoms. The fourth-order valence-corrected chi connectivity index (χ4v) is 1.33. The third-order valence-electron chi connectivity index (χ3n) is 2.11. The van der Waals surface area contributed by atoms with Gasteiger partial charge in [0.1, 0.15) is 5.41 Å². The molecule has 14 heavy (non-hydrogen) atoms. The highest BCUT2D eigenvalue weighted by Gasteiger charge is 2.31. The van der Waals surface area contributed by atoms with Gasteiger partial charge in [-0.1, -0.05) is 6.92 Å². The van der Waals surface area contributed by atoms with Gasteiger partial charge in [0.25, 0.3) is 0 Å². The number of hydrogen-bond acceptors (Lipinski definition) is 4. The van der Waals surface area contributed by atoms with E-state index in [0.717, 1.165) is 0 Å². The van der Waals surface area contributed by atoms with Crippen molar-refractivity contribution in [3.8, 4) is 6.07 Å². The molecule has 0 saturated carbocycles. The molecule has 0 radical (unpaired) electrons. The van der Waals surface area contributed by atoms with E-state index in [0.29, 0.717) is 11.6 Å². The summed E-state index contributed by atoms with van der Waals surface area (Å²) in [5.41, 5.74) is -0.967. The fraction of sp³-hybridized carbons (Fsp3) is 0.444. The Bertz CT molecular complexity index is 355. The molecule has 1 atom stereocenters. The molecule has 4 nitrogen and oxygen atoms in total. The van der Waals surface area contributed by atoms with Gasteiger partial charge in [-0.2, -0.15) is 5.26 Å². The minimum atomic E-state index is -0.967. The summed E-state index contributed by atoms with van der Waals surface area (Å²) in [4.78, 5) is 15.5. The van der Waals surface area contributed by atoms with Gasteiger partial charge in [-0.3, -0.25) is 4.79 Å². The van der Waals surface area contributed by atoms with Gasteiger partial charge >= 0.3 is 0 Å². The van der Waals surface area contributed by atoms with Gasteiger partial charge in [0.2, 0.25) is 5.91 Å². The molecule has 5 heteroatoms. The predicted molar refractivity (Wildman–Crippen MR) is 54.8 cm³/mol. The number of anilines is 1. The van der Waals surface area contributed by atoms with Crippen molar-refractivity contribution in [3.05, 3.63) is 11.6 Å². The summed E-state index contributed by atoms with van der Waals surface area (Å²) in [7, 11) is 0. The van der Waals surface area contributed by atoms with Gasteiger partial charge in [0.05, 0.1) is 6.07 Å². The highest BCUT2D eigenvalue weighted by molar-refractivity contribution is 7.13. The zero-order chi connectivity index (χ0) is 10.6. The second-order valence-electron chi connectivity index (χ2n) is 3.09. The maximum atomic E-state index is 11.6. The number of nitrogens with zero attached hydrogens (tertiary/aromatic N) is 2. The Hall–Kier alpha value is -1.41. The lowest BCUT2D eigenvalue weighted by Gasteiger charge is -2.16. The van der Waals surface area contributed by atoms with Crippen molar-refractivity contribution in [2.45, 2.75) is 20.3 Å². The Labute approximate surface area is 86.6 Å². The van der Waals surface area contributed by atoms with Gasteiger partial charge in [0, 0.05) is 11.6 Å². The number of rotatable bonds is 3. The van der Waals surface area contributed by atoms with E-state index in [1.807, 2.05) is 13.0 Å². The molecule has 74 valence electrons. The lowest BCUT2D eigenvalue weighted by atomic mass is 9.88. The van der Waals surface area contributed by atoms with Crippen LogP contribution in [0.4, 0.5) is 5.13 Å². The Morgan fingerprint density at radius 3 is 3.00 bits per heavy atom. The van der Waals surface area contributed by atoms with Crippen LogP contribution in [-0.2, 0) is 4.79 Å². The first kappa shape index (κ1) is 10.7. The molecule has 0 aliphatic carbocycles. The van der Waals surface area contributed by atoms with Crippen LogP contribution in [0.1, 0.15) is 20.3 Å². The Kier molecular flexibility index (Phi) is 3.20. The summed E-state index contributed by atoms with van der Waals surface area (Å²) < 4.78 is 0. The van der Waals surface area contributed by atoms with E-state index in [-0.39, 0.29) is 5.91 Å². The number of carbonyl (C=O) groups is 1. The molecule has 1 rings (SSSR count). The van der Waals surface area contributed by atoms with Crippen molar-refractivity contribution in [3.63, 3.8) is 0 Å². The van der Waals surface area contributed by atoms with Gasteiger partial charge in [-0.15, -0.1) is 11.3 Å². The van der Waals surface area contributed by atoms with E-state index in [4.69, 9.17) is 5.26 Å².